The Morgan fingerprint density at radius 1 is 1.33 bits per heavy atom. The summed E-state index contributed by atoms with van der Waals surface area (Å²) < 4.78 is 6.07. The van der Waals surface area contributed by atoms with Crippen molar-refractivity contribution in [3.63, 3.8) is 0 Å². The van der Waals surface area contributed by atoms with Gasteiger partial charge in [0.15, 0.2) is 0 Å². The van der Waals surface area contributed by atoms with E-state index >= 15 is 0 Å². The summed E-state index contributed by atoms with van der Waals surface area (Å²) in [4.78, 5) is 10.3. The normalized spacial score (nSPS) is 10.2. The van der Waals surface area contributed by atoms with Crippen LogP contribution in [-0.2, 0) is 6.54 Å². The van der Waals surface area contributed by atoms with Gasteiger partial charge < -0.3 is 10.1 Å². The molecule has 0 aliphatic carbocycles. The number of halogens is 2. The number of nitro benzene ring substituents is 1. The van der Waals surface area contributed by atoms with E-state index in [-0.39, 0.29) is 5.69 Å². The van der Waals surface area contributed by atoms with Gasteiger partial charge in [-0.25, -0.2) is 0 Å². The van der Waals surface area contributed by atoms with E-state index in [9.17, 15) is 10.1 Å². The number of rotatable bonds is 5. The quantitative estimate of drug-likeness (QED) is 0.614. The second-order valence-electron chi connectivity index (χ2n) is 4.23. The molecule has 0 fully saturated rings. The first kappa shape index (κ1) is 15.6. The molecule has 2 aromatic rings. The molecule has 0 unspecified atom stereocenters. The average Bonchev–Trinajstić information content (AvgIpc) is 2.46. The summed E-state index contributed by atoms with van der Waals surface area (Å²) in [5, 5.41) is 14.6. The van der Waals surface area contributed by atoms with Crippen LogP contribution >= 0.6 is 27.5 Å². The third-order valence-corrected chi connectivity index (χ3v) is 3.85. The number of non-ortho nitro benzene ring substituents is 1. The SMILES string of the molecule is COc1cc([N+](=O)[O-])ccc1NCc1ccc(Cl)cc1Br. The zero-order valence-electron chi connectivity index (χ0n) is 11.1. The third kappa shape index (κ3) is 3.86. The van der Waals surface area contributed by atoms with Crippen molar-refractivity contribution in [3.8, 4) is 5.75 Å². The van der Waals surface area contributed by atoms with Crippen LogP contribution in [0.3, 0.4) is 0 Å². The number of ether oxygens (including phenoxy) is 1. The summed E-state index contributed by atoms with van der Waals surface area (Å²) in [5.74, 6) is 0.425. The molecular weight excluding hydrogens is 360 g/mol. The Labute approximate surface area is 135 Å². The van der Waals surface area contributed by atoms with Crippen molar-refractivity contribution >= 4 is 38.9 Å². The van der Waals surface area contributed by atoms with Gasteiger partial charge in [-0.05, 0) is 23.8 Å². The average molecular weight is 372 g/mol. The first-order valence-corrected chi connectivity index (χ1v) is 7.18. The van der Waals surface area contributed by atoms with Gasteiger partial charge in [0.2, 0.25) is 0 Å². The van der Waals surface area contributed by atoms with E-state index in [4.69, 9.17) is 16.3 Å². The van der Waals surface area contributed by atoms with Gasteiger partial charge >= 0.3 is 0 Å². The maximum absolute atomic E-state index is 10.7. The van der Waals surface area contributed by atoms with Crippen LogP contribution in [0.15, 0.2) is 40.9 Å². The van der Waals surface area contributed by atoms with E-state index < -0.39 is 4.92 Å². The van der Waals surface area contributed by atoms with Crippen molar-refractivity contribution in [2.45, 2.75) is 6.54 Å². The molecule has 110 valence electrons. The van der Waals surface area contributed by atoms with Gasteiger partial charge in [0, 0.05) is 22.1 Å². The fraction of sp³-hybridized carbons (Fsp3) is 0.143. The molecular formula is C14H12BrClN2O3. The van der Waals surface area contributed by atoms with E-state index in [1.807, 2.05) is 12.1 Å². The number of anilines is 1. The van der Waals surface area contributed by atoms with E-state index in [0.29, 0.717) is 23.0 Å². The minimum absolute atomic E-state index is 0.00919. The molecule has 2 aromatic carbocycles. The van der Waals surface area contributed by atoms with E-state index in [1.165, 1.54) is 19.2 Å². The monoisotopic (exact) mass is 370 g/mol. The van der Waals surface area contributed by atoms with Gasteiger partial charge in [0.1, 0.15) is 5.75 Å². The largest absolute Gasteiger partial charge is 0.494 e. The van der Waals surface area contributed by atoms with Gasteiger partial charge in [0.25, 0.3) is 5.69 Å². The third-order valence-electron chi connectivity index (χ3n) is 2.88. The fourth-order valence-electron chi connectivity index (χ4n) is 1.80. The highest BCUT2D eigenvalue weighted by Gasteiger charge is 2.11. The molecule has 0 radical (unpaired) electrons. The van der Waals surface area contributed by atoms with Gasteiger partial charge in [-0.1, -0.05) is 33.6 Å². The summed E-state index contributed by atoms with van der Waals surface area (Å²) in [6.45, 7) is 0.534. The minimum Gasteiger partial charge on any atom is -0.494 e. The predicted molar refractivity (Wildman–Crippen MR) is 86.1 cm³/mol. The van der Waals surface area contributed by atoms with Crippen molar-refractivity contribution in [3.05, 3.63) is 61.6 Å². The molecule has 2 rings (SSSR count). The zero-order chi connectivity index (χ0) is 15.4. The molecule has 0 aromatic heterocycles. The van der Waals surface area contributed by atoms with Crippen molar-refractivity contribution in [2.24, 2.45) is 0 Å². The van der Waals surface area contributed by atoms with Crippen LogP contribution in [0, 0.1) is 10.1 Å². The molecule has 0 saturated heterocycles. The van der Waals surface area contributed by atoms with Crippen LogP contribution in [0.1, 0.15) is 5.56 Å². The second kappa shape index (κ2) is 6.78. The van der Waals surface area contributed by atoms with Crippen molar-refractivity contribution in [1.29, 1.82) is 0 Å². The number of hydrogen-bond acceptors (Lipinski definition) is 4. The first-order chi connectivity index (χ1) is 10.0. The van der Waals surface area contributed by atoms with Gasteiger partial charge in [0.05, 0.1) is 23.8 Å². The van der Waals surface area contributed by atoms with Gasteiger partial charge in [-0.3, -0.25) is 10.1 Å². The lowest BCUT2D eigenvalue weighted by Gasteiger charge is -2.12. The zero-order valence-corrected chi connectivity index (χ0v) is 13.4. The fourth-order valence-corrected chi connectivity index (χ4v) is 2.62. The lowest BCUT2D eigenvalue weighted by Crippen LogP contribution is -2.02. The number of methoxy groups -OCH3 is 1. The molecule has 0 aliphatic heterocycles. The Morgan fingerprint density at radius 2 is 2.10 bits per heavy atom. The maximum Gasteiger partial charge on any atom is 0.273 e. The molecule has 21 heavy (non-hydrogen) atoms. The molecule has 0 atom stereocenters. The van der Waals surface area contributed by atoms with Gasteiger partial charge in [-0.2, -0.15) is 0 Å². The summed E-state index contributed by atoms with van der Waals surface area (Å²) in [6.07, 6.45) is 0. The Kier molecular flexibility index (Phi) is 5.03. The summed E-state index contributed by atoms with van der Waals surface area (Å²) in [6, 6.07) is 9.96. The molecule has 0 bridgehead atoms. The van der Waals surface area contributed by atoms with Crippen molar-refractivity contribution < 1.29 is 9.66 Å². The number of benzene rings is 2. The van der Waals surface area contributed by atoms with Crippen molar-refractivity contribution in [1.82, 2.24) is 0 Å². The summed E-state index contributed by atoms with van der Waals surface area (Å²) >= 11 is 9.34. The first-order valence-electron chi connectivity index (χ1n) is 6.01. The number of nitro groups is 1. The van der Waals surface area contributed by atoms with E-state index in [0.717, 1.165) is 10.0 Å². The number of nitrogens with one attached hydrogen (secondary N) is 1. The standard InChI is InChI=1S/C14H12BrClN2O3/c1-21-14-7-11(18(19)20)4-5-13(14)17-8-9-2-3-10(16)6-12(9)15/h2-7,17H,8H2,1H3. The highest BCUT2D eigenvalue weighted by Crippen LogP contribution is 2.30. The smallest absolute Gasteiger partial charge is 0.273 e. The van der Waals surface area contributed by atoms with Crippen LogP contribution in [0.25, 0.3) is 0 Å². The molecule has 0 spiro atoms. The van der Waals surface area contributed by atoms with E-state index in [1.54, 1.807) is 12.1 Å². The lowest BCUT2D eigenvalue weighted by molar-refractivity contribution is -0.384. The van der Waals surface area contributed by atoms with Crippen molar-refractivity contribution in [2.75, 3.05) is 12.4 Å². The Bertz CT molecular complexity index is 679. The molecule has 0 heterocycles. The Balaban J connectivity index is 2.17. The second-order valence-corrected chi connectivity index (χ2v) is 5.52. The molecule has 0 aliphatic rings. The van der Waals surface area contributed by atoms with E-state index in [2.05, 4.69) is 21.2 Å². The molecule has 5 nitrogen and oxygen atoms in total. The molecule has 0 saturated carbocycles. The van der Waals surface area contributed by atoms with Crippen LogP contribution in [-0.4, -0.2) is 12.0 Å². The number of hydrogen-bond donors (Lipinski definition) is 1. The number of nitrogens with zero attached hydrogens (tertiary/aromatic N) is 1. The lowest BCUT2D eigenvalue weighted by atomic mass is 10.2. The topological polar surface area (TPSA) is 64.4 Å². The molecule has 0 amide bonds. The Morgan fingerprint density at radius 3 is 2.71 bits per heavy atom. The Hall–Kier alpha value is -1.79. The summed E-state index contributed by atoms with van der Waals surface area (Å²) in [7, 11) is 1.47. The minimum atomic E-state index is -0.456. The molecule has 7 heteroatoms. The highest BCUT2D eigenvalue weighted by molar-refractivity contribution is 9.10. The van der Waals surface area contributed by atoms with Gasteiger partial charge in [-0.15, -0.1) is 0 Å². The predicted octanol–water partition coefficient (Wildman–Crippen LogP) is 4.63. The van der Waals surface area contributed by atoms with Crippen LogP contribution in [0.5, 0.6) is 5.75 Å². The molecule has 1 N–H and O–H groups in total. The summed E-state index contributed by atoms with van der Waals surface area (Å²) in [5.41, 5.74) is 1.69. The van der Waals surface area contributed by atoms with Crippen LogP contribution in [0.2, 0.25) is 5.02 Å². The van der Waals surface area contributed by atoms with Crippen LogP contribution in [0.4, 0.5) is 11.4 Å². The highest BCUT2D eigenvalue weighted by atomic mass is 79.9. The van der Waals surface area contributed by atoms with Crippen LogP contribution < -0.4 is 10.1 Å². The maximum atomic E-state index is 10.7.